The molecule has 0 unspecified atom stereocenters. The molecule has 0 bridgehead atoms. The molecular formula is C22H32O3. The summed E-state index contributed by atoms with van der Waals surface area (Å²) in [6.45, 7) is 7.03. The first kappa shape index (κ1) is 17.2. The standard InChI is InChI=1S/C22H32O3/c1-4-22(24)11-9-18-16-7-6-14-12-19(23)20(25-5-2)13-17(14)15(16)8-10-21(18,22)3/h12-13,15-16,18,23-24H,4-11H2,1-3H3/t15-,16+,18-,21-,22-/m0/s1. The van der Waals surface area contributed by atoms with Crippen molar-refractivity contribution in [3.05, 3.63) is 23.3 Å². The summed E-state index contributed by atoms with van der Waals surface area (Å²) >= 11 is 0. The molecule has 3 nitrogen and oxygen atoms in total. The number of fused-ring (bicyclic) bond motifs is 5. The molecule has 25 heavy (non-hydrogen) atoms. The molecule has 2 fully saturated rings. The molecule has 0 spiro atoms. The fraction of sp³-hybridized carbons (Fsp3) is 0.727. The number of phenolic OH excluding ortho intramolecular Hbond substituents is 1. The molecule has 0 saturated heterocycles. The number of rotatable bonds is 3. The second-order valence-electron chi connectivity index (χ2n) is 8.75. The number of aryl methyl sites for hydroxylation is 1. The molecule has 4 rings (SSSR count). The first-order valence-electron chi connectivity index (χ1n) is 10.1. The fourth-order valence-electron chi connectivity index (χ4n) is 6.55. The molecule has 1 aromatic rings. The summed E-state index contributed by atoms with van der Waals surface area (Å²) in [5.74, 6) is 2.74. The van der Waals surface area contributed by atoms with E-state index in [-0.39, 0.29) is 11.2 Å². The van der Waals surface area contributed by atoms with Gasteiger partial charge < -0.3 is 14.9 Å². The summed E-state index contributed by atoms with van der Waals surface area (Å²) < 4.78 is 5.65. The summed E-state index contributed by atoms with van der Waals surface area (Å²) in [6.07, 6.45) is 7.46. The molecule has 0 heterocycles. The molecule has 5 atom stereocenters. The Bertz CT molecular complexity index is 669. The summed E-state index contributed by atoms with van der Waals surface area (Å²) in [7, 11) is 0. The van der Waals surface area contributed by atoms with E-state index >= 15 is 0 Å². The number of hydrogen-bond acceptors (Lipinski definition) is 3. The van der Waals surface area contributed by atoms with Gasteiger partial charge >= 0.3 is 0 Å². The van der Waals surface area contributed by atoms with E-state index in [2.05, 4.69) is 19.9 Å². The Labute approximate surface area is 151 Å². The fourth-order valence-corrected chi connectivity index (χ4v) is 6.55. The summed E-state index contributed by atoms with van der Waals surface area (Å²) in [5, 5.41) is 21.5. The number of aliphatic hydroxyl groups is 1. The molecule has 0 amide bonds. The van der Waals surface area contributed by atoms with Gasteiger partial charge in [-0.25, -0.2) is 0 Å². The number of benzene rings is 1. The zero-order valence-corrected chi connectivity index (χ0v) is 15.8. The van der Waals surface area contributed by atoms with E-state index in [1.165, 1.54) is 17.5 Å². The molecule has 3 aliphatic carbocycles. The van der Waals surface area contributed by atoms with Gasteiger partial charge in [0.2, 0.25) is 0 Å². The van der Waals surface area contributed by atoms with Crippen molar-refractivity contribution in [1.82, 2.24) is 0 Å². The Balaban J connectivity index is 1.69. The van der Waals surface area contributed by atoms with Crippen LogP contribution in [-0.4, -0.2) is 22.4 Å². The zero-order valence-electron chi connectivity index (χ0n) is 15.8. The first-order chi connectivity index (χ1) is 11.9. The minimum atomic E-state index is -0.478. The Hall–Kier alpha value is -1.22. The molecular weight excluding hydrogens is 312 g/mol. The van der Waals surface area contributed by atoms with Crippen LogP contribution in [-0.2, 0) is 6.42 Å². The predicted octanol–water partition coefficient (Wildman–Crippen LogP) is 4.79. The average Bonchev–Trinajstić information content (AvgIpc) is 2.88. The van der Waals surface area contributed by atoms with Crippen LogP contribution in [0.2, 0.25) is 0 Å². The third-order valence-electron chi connectivity index (χ3n) is 8.01. The van der Waals surface area contributed by atoms with E-state index in [1.807, 2.05) is 13.0 Å². The van der Waals surface area contributed by atoms with Gasteiger partial charge in [-0.1, -0.05) is 13.8 Å². The topological polar surface area (TPSA) is 49.7 Å². The van der Waals surface area contributed by atoms with Gasteiger partial charge in [-0.2, -0.15) is 0 Å². The highest BCUT2D eigenvalue weighted by Crippen LogP contribution is 2.65. The van der Waals surface area contributed by atoms with Crippen molar-refractivity contribution >= 4 is 0 Å². The summed E-state index contributed by atoms with van der Waals surface area (Å²) in [4.78, 5) is 0. The number of ether oxygens (including phenoxy) is 1. The molecule has 3 heteroatoms. The number of phenols is 1. The van der Waals surface area contributed by atoms with E-state index in [0.29, 0.717) is 30.1 Å². The monoisotopic (exact) mass is 344 g/mol. The maximum Gasteiger partial charge on any atom is 0.161 e. The minimum Gasteiger partial charge on any atom is -0.504 e. The Morgan fingerprint density at radius 3 is 2.68 bits per heavy atom. The maximum absolute atomic E-state index is 11.2. The highest BCUT2D eigenvalue weighted by atomic mass is 16.5. The largest absolute Gasteiger partial charge is 0.504 e. The second-order valence-corrected chi connectivity index (χ2v) is 8.75. The Morgan fingerprint density at radius 2 is 1.96 bits per heavy atom. The van der Waals surface area contributed by atoms with E-state index in [0.717, 1.165) is 38.5 Å². The van der Waals surface area contributed by atoms with Crippen LogP contribution in [0.3, 0.4) is 0 Å². The van der Waals surface area contributed by atoms with Crippen LogP contribution in [0.4, 0.5) is 0 Å². The van der Waals surface area contributed by atoms with Crippen molar-refractivity contribution in [2.24, 2.45) is 17.3 Å². The molecule has 0 aromatic heterocycles. The van der Waals surface area contributed by atoms with Gasteiger partial charge in [0.25, 0.3) is 0 Å². The van der Waals surface area contributed by atoms with Crippen molar-refractivity contribution in [2.75, 3.05) is 6.61 Å². The predicted molar refractivity (Wildman–Crippen MR) is 99.1 cm³/mol. The average molecular weight is 344 g/mol. The van der Waals surface area contributed by atoms with Crippen LogP contribution < -0.4 is 4.74 Å². The Kier molecular flexibility index (Phi) is 4.06. The smallest absolute Gasteiger partial charge is 0.161 e. The van der Waals surface area contributed by atoms with Gasteiger partial charge in [0.15, 0.2) is 11.5 Å². The molecule has 138 valence electrons. The third-order valence-corrected chi connectivity index (χ3v) is 8.01. The van der Waals surface area contributed by atoms with Gasteiger partial charge in [-0.05, 0) is 98.3 Å². The van der Waals surface area contributed by atoms with E-state index < -0.39 is 5.60 Å². The lowest BCUT2D eigenvalue weighted by Gasteiger charge is -2.53. The summed E-state index contributed by atoms with van der Waals surface area (Å²) in [5.41, 5.74) is 2.29. The first-order valence-corrected chi connectivity index (χ1v) is 10.1. The lowest BCUT2D eigenvalue weighted by atomic mass is 9.53. The van der Waals surface area contributed by atoms with Gasteiger partial charge in [0, 0.05) is 0 Å². The highest BCUT2D eigenvalue weighted by Gasteiger charge is 2.60. The van der Waals surface area contributed by atoms with Crippen molar-refractivity contribution < 1.29 is 14.9 Å². The van der Waals surface area contributed by atoms with Gasteiger partial charge in [-0.3, -0.25) is 0 Å². The number of hydrogen-bond donors (Lipinski definition) is 2. The van der Waals surface area contributed by atoms with Crippen molar-refractivity contribution in [3.63, 3.8) is 0 Å². The molecule has 1 aromatic carbocycles. The van der Waals surface area contributed by atoms with E-state index in [9.17, 15) is 10.2 Å². The molecule has 0 radical (unpaired) electrons. The van der Waals surface area contributed by atoms with Crippen LogP contribution in [0.1, 0.15) is 76.3 Å². The minimum absolute atomic E-state index is 0.0695. The highest BCUT2D eigenvalue weighted by molar-refractivity contribution is 5.49. The molecule has 3 aliphatic rings. The van der Waals surface area contributed by atoms with Crippen molar-refractivity contribution in [2.45, 2.75) is 77.2 Å². The van der Waals surface area contributed by atoms with Gasteiger partial charge in [0.05, 0.1) is 12.2 Å². The Morgan fingerprint density at radius 1 is 1.16 bits per heavy atom. The van der Waals surface area contributed by atoms with Gasteiger partial charge in [0.1, 0.15) is 0 Å². The zero-order chi connectivity index (χ0) is 17.8. The quantitative estimate of drug-likeness (QED) is 0.829. The third kappa shape index (κ3) is 2.34. The maximum atomic E-state index is 11.2. The van der Waals surface area contributed by atoms with Crippen molar-refractivity contribution in [1.29, 1.82) is 0 Å². The van der Waals surface area contributed by atoms with E-state index in [1.54, 1.807) is 0 Å². The lowest BCUT2D eigenvalue weighted by molar-refractivity contribution is -0.104. The van der Waals surface area contributed by atoms with Crippen molar-refractivity contribution in [3.8, 4) is 11.5 Å². The van der Waals surface area contributed by atoms with Crippen LogP contribution in [0, 0.1) is 17.3 Å². The van der Waals surface area contributed by atoms with Gasteiger partial charge in [-0.15, -0.1) is 0 Å². The van der Waals surface area contributed by atoms with Crippen LogP contribution in [0.15, 0.2) is 12.1 Å². The van der Waals surface area contributed by atoms with Crippen LogP contribution >= 0.6 is 0 Å². The molecule has 0 aliphatic heterocycles. The summed E-state index contributed by atoms with van der Waals surface area (Å²) in [6, 6.07) is 4.04. The molecule has 2 saturated carbocycles. The lowest BCUT2D eigenvalue weighted by Crippen LogP contribution is -2.50. The number of aromatic hydroxyl groups is 1. The van der Waals surface area contributed by atoms with Crippen LogP contribution in [0.5, 0.6) is 11.5 Å². The SMILES string of the molecule is CCOc1cc2c(cc1O)CC[C@@H]1[C@@H]2CC[C@@]2(C)[C@H]1CC[C@@]2(O)CC. The van der Waals surface area contributed by atoms with E-state index in [4.69, 9.17) is 4.74 Å². The second kappa shape index (κ2) is 5.90. The van der Waals surface area contributed by atoms with Crippen LogP contribution in [0.25, 0.3) is 0 Å². The molecule has 2 N–H and O–H groups in total. The normalized spacial score (nSPS) is 39.4.